The van der Waals surface area contributed by atoms with Gasteiger partial charge in [-0.1, -0.05) is 30.3 Å². The van der Waals surface area contributed by atoms with Gasteiger partial charge < -0.3 is 5.11 Å². The lowest BCUT2D eigenvalue weighted by atomic mass is 10.1. The number of aliphatic hydroxyl groups is 1. The minimum Gasteiger partial charge on any atom is -0.381 e. The van der Waals surface area contributed by atoms with Crippen molar-refractivity contribution in [1.29, 1.82) is 0 Å². The zero-order chi connectivity index (χ0) is 15.9. The van der Waals surface area contributed by atoms with Crippen LogP contribution in [0.15, 0.2) is 47.4 Å². The van der Waals surface area contributed by atoms with E-state index >= 15 is 0 Å². The first kappa shape index (κ1) is 15.1. The number of carbonyl (C=O) groups is 1. The highest BCUT2D eigenvalue weighted by molar-refractivity contribution is 7.98. The molecule has 1 N–H and O–H groups in total. The van der Waals surface area contributed by atoms with E-state index in [0.717, 1.165) is 23.4 Å². The number of halogens is 3. The Hall–Kier alpha value is -1.79. The molecule has 1 atom stereocenters. The maximum atomic E-state index is 13.7. The van der Waals surface area contributed by atoms with E-state index < -0.39 is 34.8 Å². The number of aliphatic hydroxyl groups excluding tert-OH is 1. The van der Waals surface area contributed by atoms with Crippen molar-refractivity contribution in [3.8, 4) is 0 Å². The first-order valence-corrected chi connectivity index (χ1v) is 7.51. The van der Waals surface area contributed by atoms with Gasteiger partial charge in [-0.25, -0.2) is 4.39 Å². The van der Waals surface area contributed by atoms with Crippen LogP contribution in [0.4, 0.5) is 13.2 Å². The highest BCUT2D eigenvalue weighted by atomic mass is 32.2. The number of benzene rings is 2. The van der Waals surface area contributed by atoms with E-state index in [0.29, 0.717) is 5.75 Å². The van der Waals surface area contributed by atoms with Gasteiger partial charge in [-0.05, 0) is 17.7 Å². The summed E-state index contributed by atoms with van der Waals surface area (Å²) in [6.45, 7) is 0. The summed E-state index contributed by atoms with van der Waals surface area (Å²) in [6.07, 6.45) is -2.42. The predicted octanol–water partition coefficient (Wildman–Crippen LogP) is 3.98. The average Bonchev–Trinajstić information content (AvgIpc) is 2.70. The van der Waals surface area contributed by atoms with Crippen LogP contribution < -0.4 is 0 Å². The molecule has 1 unspecified atom stereocenters. The Balaban J connectivity index is 1.97. The van der Waals surface area contributed by atoms with Gasteiger partial charge in [0.05, 0.1) is 0 Å². The molecule has 0 heterocycles. The van der Waals surface area contributed by atoms with Crippen LogP contribution in [0, 0.1) is 5.82 Å². The molecule has 0 spiro atoms. The molecule has 22 heavy (non-hydrogen) atoms. The molecule has 0 saturated carbocycles. The van der Waals surface area contributed by atoms with Crippen molar-refractivity contribution in [3.05, 3.63) is 65.0 Å². The third-order valence-electron chi connectivity index (χ3n) is 3.54. The minimum atomic E-state index is -3.98. The molecule has 0 amide bonds. The number of fused-ring (bicyclic) bond motifs is 1. The van der Waals surface area contributed by atoms with Crippen molar-refractivity contribution in [2.45, 2.75) is 22.7 Å². The van der Waals surface area contributed by atoms with Gasteiger partial charge >= 0.3 is 5.92 Å². The first-order valence-electron chi connectivity index (χ1n) is 6.52. The zero-order valence-electron chi connectivity index (χ0n) is 11.2. The molecule has 0 fully saturated rings. The van der Waals surface area contributed by atoms with E-state index in [1.807, 2.05) is 30.3 Å². The molecule has 2 aromatic rings. The van der Waals surface area contributed by atoms with E-state index in [2.05, 4.69) is 0 Å². The van der Waals surface area contributed by atoms with Crippen LogP contribution in [0.3, 0.4) is 0 Å². The number of thioether (sulfide) groups is 1. The molecule has 0 aliphatic heterocycles. The summed E-state index contributed by atoms with van der Waals surface area (Å²) in [5.41, 5.74) is -0.0603. The largest absolute Gasteiger partial charge is 0.381 e. The van der Waals surface area contributed by atoms with Crippen LogP contribution in [0.5, 0.6) is 0 Å². The number of alkyl halides is 2. The molecule has 0 bridgehead atoms. The van der Waals surface area contributed by atoms with Crippen molar-refractivity contribution in [2.24, 2.45) is 0 Å². The minimum absolute atomic E-state index is 0.251. The topological polar surface area (TPSA) is 37.3 Å². The smallest absolute Gasteiger partial charge is 0.339 e. The fourth-order valence-corrected chi connectivity index (χ4v) is 3.43. The number of rotatable bonds is 3. The van der Waals surface area contributed by atoms with Gasteiger partial charge in [0.15, 0.2) is 6.10 Å². The van der Waals surface area contributed by atoms with E-state index in [1.54, 1.807) is 0 Å². The Morgan fingerprint density at radius 3 is 2.50 bits per heavy atom. The Bertz CT molecular complexity index is 732. The average molecular weight is 324 g/mol. The van der Waals surface area contributed by atoms with E-state index in [4.69, 9.17) is 0 Å². The second-order valence-electron chi connectivity index (χ2n) is 4.96. The van der Waals surface area contributed by atoms with Crippen LogP contribution in [-0.2, 0) is 5.75 Å². The van der Waals surface area contributed by atoms with E-state index in [1.165, 1.54) is 6.07 Å². The second-order valence-corrected chi connectivity index (χ2v) is 5.98. The quantitative estimate of drug-likeness (QED) is 0.868. The van der Waals surface area contributed by atoms with Crippen molar-refractivity contribution in [3.63, 3.8) is 0 Å². The maximum absolute atomic E-state index is 13.7. The standard InChI is InChI=1S/C16H11F3O2S/c17-10-6-7-11(22-8-9-4-2-1-3-5-9)13-12(10)14(20)16(18,19)15(13)21/h1-7,14,20H,8H2. The lowest BCUT2D eigenvalue weighted by Gasteiger charge is -2.11. The van der Waals surface area contributed by atoms with Gasteiger partial charge in [0.1, 0.15) is 5.82 Å². The van der Waals surface area contributed by atoms with Gasteiger partial charge in [-0.2, -0.15) is 8.78 Å². The molecular weight excluding hydrogens is 313 g/mol. The summed E-state index contributed by atoms with van der Waals surface area (Å²) >= 11 is 1.16. The summed E-state index contributed by atoms with van der Waals surface area (Å²) < 4.78 is 41.1. The summed E-state index contributed by atoms with van der Waals surface area (Å²) in [5.74, 6) is -6.04. The van der Waals surface area contributed by atoms with Crippen LogP contribution in [0.25, 0.3) is 0 Å². The second kappa shape index (κ2) is 5.44. The van der Waals surface area contributed by atoms with Crippen LogP contribution in [0.1, 0.15) is 27.6 Å². The molecule has 0 radical (unpaired) electrons. The fourth-order valence-electron chi connectivity index (χ4n) is 2.40. The Kier molecular flexibility index (Phi) is 3.74. The highest BCUT2D eigenvalue weighted by Gasteiger charge is 2.57. The summed E-state index contributed by atoms with van der Waals surface area (Å²) in [6, 6.07) is 11.6. The number of ketones is 1. The number of hydrogen-bond donors (Lipinski definition) is 1. The van der Waals surface area contributed by atoms with Crippen LogP contribution in [0.2, 0.25) is 0 Å². The molecule has 0 saturated heterocycles. The van der Waals surface area contributed by atoms with Gasteiger partial charge in [0.2, 0.25) is 5.78 Å². The predicted molar refractivity (Wildman–Crippen MR) is 76.6 cm³/mol. The Labute approximate surface area is 129 Å². The Morgan fingerprint density at radius 2 is 1.82 bits per heavy atom. The van der Waals surface area contributed by atoms with Gasteiger partial charge in [0.25, 0.3) is 0 Å². The monoisotopic (exact) mass is 324 g/mol. The van der Waals surface area contributed by atoms with Gasteiger partial charge in [-0.3, -0.25) is 4.79 Å². The van der Waals surface area contributed by atoms with Gasteiger partial charge in [-0.15, -0.1) is 11.8 Å². The van der Waals surface area contributed by atoms with Gasteiger partial charge in [0, 0.05) is 21.8 Å². The van der Waals surface area contributed by atoms with Crippen molar-refractivity contribution < 1.29 is 23.1 Å². The number of hydrogen-bond acceptors (Lipinski definition) is 3. The lowest BCUT2D eigenvalue weighted by Crippen LogP contribution is -2.28. The summed E-state index contributed by atoms with van der Waals surface area (Å²) in [7, 11) is 0. The number of carbonyl (C=O) groups excluding carboxylic acids is 1. The van der Waals surface area contributed by atoms with Crippen LogP contribution in [-0.4, -0.2) is 16.8 Å². The lowest BCUT2D eigenvalue weighted by molar-refractivity contribution is -0.0717. The van der Waals surface area contributed by atoms with E-state index in [9.17, 15) is 23.1 Å². The molecule has 1 aliphatic carbocycles. The van der Waals surface area contributed by atoms with Crippen LogP contribution >= 0.6 is 11.8 Å². The number of Topliss-reactive ketones (excluding diaryl/α,β-unsaturated/α-hetero) is 1. The zero-order valence-corrected chi connectivity index (χ0v) is 12.0. The molecule has 2 aromatic carbocycles. The normalized spacial score (nSPS) is 19.3. The molecule has 3 rings (SSSR count). The SMILES string of the molecule is O=C1c2c(SCc3ccccc3)ccc(F)c2C(O)C1(F)F. The maximum Gasteiger partial charge on any atom is 0.339 e. The molecule has 1 aliphatic rings. The Morgan fingerprint density at radius 1 is 1.14 bits per heavy atom. The first-order chi connectivity index (χ1) is 10.4. The molecule has 0 aromatic heterocycles. The van der Waals surface area contributed by atoms with Crippen molar-refractivity contribution in [2.75, 3.05) is 0 Å². The molecule has 114 valence electrons. The summed E-state index contributed by atoms with van der Waals surface area (Å²) in [4.78, 5) is 12.1. The summed E-state index contributed by atoms with van der Waals surface area (Å²) in [5, 5.41) is 9.55. The molecule has 2 nitrogen and oxygen atoms in total. The third-order valence-corrected chi connectivity index (χ3v) is 4.67. The molecule has 6 heteroatoms. The highest BCUT2D eigenvalue weighted by Crippen LogP contribution is 2.47. The molecular formula is C16H11F3O2S. The van der Waals surface area contributed by atoms with Crippen molar-refractivity contribution in [1.82, 2.24) is 0 Å². The van der Waals surface area contributed by atoms with Crippen molar-refractivity contribution >= 4 is 17.5 Å². The van der Waals surface area contributed by atoms with E-state index in [-0.39, 0.29) is 4.90 Å². The fraction of sp³-hybridized carbons (Fsp3) is 0.188. The third kappa shape index (κ3) is 2.32.